The molecule has 1 saturated carbocycles. The molecular weight excluding hydrogens is 228 g/mol. The molecule has 1 fully saturated rings. The van der Waals surface area contributed by atoms with Crippen molar-refractivity contribution in [1.82, 2.24) is 0 Å². The summed E-state index contributed by atoms with van der Waals surface area (Å²) in [5.74, 6) is 1.40. The minimum Gasteiger partial charge on any atom is -0.0622 e. The monoisotopic (exact) mass is 250 g/mol. The van der Waals surface area contributed by atoms with E-state index in [1.807, 2.05) is 0 Å². The van der Waals surface area contributed by atoms with Crippen molar-refractivity contribution in [3.63, 3.8) is 0 Å². The fraction of sp³-hybridized carbons (Fsp3) is 0.368. The first kappa shape index (κ1) is 12.5. The van der Waals surface area contributed by atoms with E-state index < -0.39 is 0 Å². The van der Waals surface area contributed by atoms with Crippen LogP contribution in [0.4, 0.5) is 0 Å². The number of hydrogen-bond donors (Lipinski definition) is 0. The third kappa shape index (κ3) is 2.89. The van der Waals surface area contributed by atoms with E-state index in [0.29, 0.717) is 11.8 Å². The summed E-state index contributed by atoms with van der Waals surface area (Å²) in [6, 6.07) is 22.2. The molecule has 0 unspecified atom stereocenters. The van der Waals surface area contributed by atoms with Gasteiger partial charge in [0.25, 0.3) is 0 Å². The summed E-state index contributed by atoms with van der Waals surface area (Å²) < 4.78 is 0. The van der Waals surface area contributed by atoms with Crippen LogP contribution in [0.25, 0.3) is 0 Å². The zero-order chi connectivity index (χ0) is 12.9. The van der Waals surface area contributed by atoms with Crippen LogP contribution < -0.4 is 0 Å². The van der Waals surface area contributed by atoms with Gasteiger partial charge in [0, 0.05) is 0 Å². The summed E-state index contributed by atoms with van der Waals surface area (Å²) in [7, 11) is 0. The molecule has 0 amide bonds. The third-order valence-corrected chi connectivity index (χ3v) is 4.47. The van der Waals surface area contributed by atoms with Crippen LogP contribution in [0.1, 0.15) is 55.1 Å². The van der Waals surface area contributed by atoms with Gasteiger partial charge in [-0.3, -0.25) is 0 Å². The molecule has 0 radical (unpaired) electrons. The Kier molecular flexibility index (Phi) is 3.98. The molecule has 1 aliphatic rings. The molecule has 1 aliphatic carbocycles. The maximum Gasteiger partial charge on any atom is -0.00931 e. The molecule has 0 N–H and O–H groups in total. The maximum atomic E-state index is 2.31. The molecule has 98 valence electrons. The molecule has 0 heteroatoms. The summed E-state index contributed by atoms with van der Waals surface area (Å²) in [4.78, 5) is 0. The summed E-state index contributed by atoms with van der Waals surface area (Å²) in [5.41, 5.74) is 3.05. The molecule has 0 saturated heterocycles. The smallest absolute Gasteiger partial charge is 0.00931 e. The van der Waals surface area contributed by atoms with E-state index in [1.165, 1.54) is 43.2 Å². The first-order valence-electron chi connectivity index (χ1n) is 7.55. The lowest BCUT2D eigenvalue weighted by molar-refractivity contribution is 0.510. The van der Waals surface area contributed by atoms with Gasteiger partial charge in [0.2, 0.25) is 0 Å². The molecule has 2 aromatic carbocycles. The van der Waals surface area contributed by atoms with Gasteiger partial charge in [-0.1, -0.05) is 79.9 Å². The Bertz CT molecular complexity index is 438. The van der Waals surface area contributed by atoms with Crippen LogP contribution in [0.3, 0.4) is 0 Å². The summed E-state index contributed by atoms with van der Waals surface area (Å²) in [5, 5.41) is 0. The predicted octanol–water partition coefficient (Wildman–Crippen LogP) is 5.52. The Morgan fingerprint density at radius 2 is 0.947 bits per heavy atom. The molecule has 3 rings (SSSR count). The zero-order valence-electron chi connectivity index (χ0n) is 11.5. The minimum atomic E-state index is 0.700. The Labute approximate surface area is 116 Å². The van der Waals surface area contributed by atoms with Crippen molar-refractivity contribution in [1.29, 1.82) is 0 Å². The molecule has 19 heavy (non-hydrogen) atoms. The van der Waals surface area contributed by atoms with Crippen molar-refractivity contribution in [3.8, 4) is 0 Å². The van der Waals surface area contributed by atoms with Crippen LogP contribution in [0.2, 0.25) is 0 Å². The first-order valence-corrected chi connectivity index (χ1v) is 7.55. The SMILES string of the molecule is c1ccc([C@H]2CCCCC[C@H]2c2ccccc2)cc1. The molecular formula is C19H22. The average molecular weight is 250 g/mol. The van der Waals surface area contributed by atoms with Crippen LogP contribution in [-0.2, 0) is 0 Å². The van der Waals surface area contributed by atoms with Gasteiger partial charge in [-0.2, -0.15) is 0 Å². The molecule has 2 atom stereocenters. The highest BCUT2D eigenvalue weighted by Gasteiger charge is 2.26. The van der Waals surface area contributed by atoms with Crippen molar-refractivity contribution in [3.05, 3.63) is 71.8 Å². The second-order valence-electron chi connectivity index (χ2n) is 5.67. The van der Waals surface area contributed by atoms with E-state index in [2.05, 4.69) is 60.7 Å². The average Bonchev–Trinajstić information content (AvgIpc) is 2.75. The lowest BCUT2D eigenvalue weighted by atomic mass is 9.78. The van der Waals surface area contributed by atoms with Crippen molar-refractivity contribution in [2.75, 3.05) is 0 Å². The zero-order valence-corrected chi connectivity index (χ0v) is 11.5. The van der Waals surface area contributed by atoms with Crippen molar-refractivity contribution < 1.29 is 0 Å². The molecule has 2 aromatic rings. The van der Waals surface area contributed by atoms with Gasteiger partial charge in [-0.15, -0.1) is 0 Å². The lowest BCUT2D eigenvalue weighted by Gasteiger charge is -2.26. The Morgan fingerprint density at radius 3 is 1.37 bits per heavy atom. The highest BCUT2D eigenvalue weighted by Crippen LogP contribution is 2.42. The molecule has 0 aliphatic heterocycles. The lowest BCUT2D eigenvalue weighted by Crippen LogP contribution is -2.10. The molecule has 0 bridgehead atoms. The topological polar surface area (TPSA) is 0 Å². The van der Waals surface area contributed by atoms with Crippen LogP contribution >= 0.6 is 0 Å². The summed E-state index contributed by atoms with van der Waals surface area (Å²) in [6.07, 6.45) is 6.83. The van der Waals surface area contributed by atoms with Gasteiger partial charge < -0.3 is 0 Å². The Morgan fingerprint density at radius 1 is 0.526 bits per heavy atom. The second-order valence-corrected chi connectivity index (χ2v) is 5.67. The van der Waals surface area contributed by atoms with Gasteiger partial charge in [-0.25, -0.2) is 0 Å². The van der Waals surface area contributed by atoms with Crippen molar-refractivity contribution in [2.45, 2.75) is 43.9 Å². The van der Waals surface area contributed by atoms with Gasteiger partial charge >= 0.3 is 0 Å². The van der Waals surface area contributed by atoms with Crippen molar-refractivity contribution >= 4 is 0 Å². The van der Waals surface area contributed by atoms with Gasteiger partial charge in [0.05, 0.1) is 0 Å². The first-order chi connectivity index (χ1) is 9.45. The standard InChI is InChI=1S/C19H22/c1-4-10-16(11-5-1)18-14-8-3-9-15-19(18)17-12-6-2-7-13-17/h1-2,4-7,10-13,18-19H,3,8-9,14-15H2/t18-,19+. The van der Waals surface area contributed by atoms with E-state index in [9.17, 15) is 0 Å². The second kappa shape index (κ2) is 6.06. The predicted molar refractivity (Wildman–Crippen MR) is 81.5 cm³/mol. The third-order valence-electron chi connectivity index (χ3n) is 4.47. The van der Waals surface area contributed by atoms with E-state index >= 15 is 0 Å². The normalized spacial score (nSPS) is 23.8. The number of hydrogen-bond acceptors (Lipinski definition) is 0. The van der Waals surface area contributed by atoms with E-state index in [0.717, 1.165) is 0 Å². The van der Waals surface area contributed by atoms with Gasteiger partial charge in [0.1, 0.15) is 0 Å². The van der Waals surface area contributed by atoms with Gasteiger partial charge in [-0.05, 0) is 35.8 Å². The quantitative estimate of drug-likeness (QED) is 0.616. The Balaban J connectivity index is 1.94. The van der Waals surface area contributed by atoms with E-state index in [1.54, 1.807) is 0 Å². The maximum absolute atomic E-state index is 2.31. The van der Waals surface area contributed by atoms with Crippen LogP contribution in [-0.4, -0.2) is 0 Å². The molecule has 0 spiro atoms. The fourth-order valence-corrected chi connectivity index (χ4v) is 3.51. The van der Waals surface area contributed by atoms with Gasteiger partial charge in [0.15, 0.2) is 0 Å². The highest BCUT2D eigenvalue weighted by molar-refractivity contribution is 5.28. The fourth-order valence-electron chi connectivity index (χ4n) is 3.51. The van der Waals surface area contributed by atoms with Crippen molar-refractivity contribution in [2.24, 2.45) is 0 Å². The number of benzene rings is 2. The van der Waals surface area contributed by atoms with E-state index in [-0.39, 0.29) is 0 Å². The molecule has 0 heterocycles. The van der Waals surface area contributed by atoms with E-state index in [4.69, 9.17) is 0 Å². The van der Waals surface area contributed by atoms with Crippen LogP contribution in [0, 0.1) is 0 Å². The molecule has 0 aromatic heterocycles. The Hall–Kier alpha value is -1.56. The highest BCUT2D eigenvalue weighted by atomic mass is 14.3. The molecule has 0 nitrogen and oxygen atoms in total. The summed E-state index contributed by atoms with van der Waals surface area (Å²) >= 11 is 0. The number of rotatable bonds is 2. The summed E-state index contributed by atoms with van der Waals surface area (Å²) in [6.45, 7) is 0. The largest absolute Gasteiger partial charge is 0.0622 e. The van der Waals surface area contributed by atoms with Crippen LogP contribution in [0.15, 0.2) is 60.7 Å². The minimum absolute atomic E-state index is 0.700. The van der Waals surface area contributed by atoms with Crippen LogP contribution in [0.5, 0.6) is 0 Å².